The van der Waals surface area contributed by atoms with E-state index in [9.17, 15) is 8.42 Å². The van der Waals surface area contributed by atoms with E-state index in [1.165, 1.54) is 23.2 Å². The minimum Gasteiger partial charge on any atom is -0.382 e. The van der Waals surface area contributed by atoms with Crippen LogP contribution in [-0.2, 0) is 23.1 Å². The second-order valence-corrected chi connectivity index (χ2v) is 10.5. The van der Waals surface area contributed by atoms with Crippen LogP contribution in [0.2, 0.25) is 0 Å². The third-order valence-corrected chi connectivity index (χ3v) is 8.02. The summed E-state index contributed by atoms with van der Waals surface area (Å²) < 4.78 is 42.6. The summed E-state index contributed by atoms with van der Waals surface area (Å²) in [6.45, 7) is 4.19. The van der Waals surface area contributed by atoms with E-state index in [1.54, 1.807) is 24.3 Å². The predicted molar refractivity (Wildman–Crippen MR) is 121 cm³/mol. The third-order valence-electron chi connectivity index (χ3n) is 6.21. The second kappa shape index (κ2) is 7.46. The normalized spacial score (nSPS) is 16.4. The minimum atomic E-state index is -3.68. The number of nitrogens with one attached hydrogen (secondary N) is 1. The number of hydrogen-bond donors (Lipinski definition) is 1. The van der Waals surface area contributed by atoms with Crippen molar-refractivity contribution in [1.82, 2.24) is 4.31 Å². The topological polar surface area (TPSA) is 49.4 Å². The van der Waals surface area contributed by atoms with Crippen LogP contribution >= 0.6 is 0 Å². The Morgan fingerprint density at radius 3 is 2.45 bits per heavy atom. The van der Waals surface area contributed by atoms with Crippen molar-refractivity contribution in [1.29, 1.82) is 0 Å². The lowest BCUT2D eigenvalue weighted by Gasteiger charge is -2.15. The average Bonchev–Trinajstić information content (AvgIpc) is 3.44. The van der Waals surface area contributed by atoms with Crippen LogP contribution < -0.4 is 5.32 Å². The maximum Gasteiger partial charge on any atom is 0.243 e. The van der Waals surface area contributed by atoms with Gasteiger partial charge >= 0.3 is 0 Å². The van der Waals surface area contributed by atoms with Crippen LogP contribution in [0.4, 0.5) is 10.1 Å². The van der Waals surface area contributed by atoms with Crippen molar-refractivity contribution < 1.29 is 12.8 Å². The molecule has 0 unspecified atom stereocenters. The van der Waals surface area contributed by atoms with Crippen LogP contribution in [0.1, 0.15) is 35.1 Å². The number of sulfonamides is 1. The van der Waals surface area contributed by atoms with Gasteiger partial charge in [-0.1, -0.05) is 29.8 Å². The molecule has 160 valence electrons. The first kappa shape index (κ1) is 20.2. The number of benzene rings is 3. The van der Waals surface area contributed by atoms with Crippen LogP contribution in [0.3, 0.4) is 0 Å². The molecule has 1 aliphatic heterocycles. The lowest BCUT2D eigenvalue weighted by atomic mass is 9.96. The van der Waals surface area contributed by atoms with E-state index in [1.807, 2.05) is 32.0 Å². The standard InChI is InChI=1S/C25H25FN2O2S/c1-16-6-10-21(11-7-16)31(29,30)28-14-19-12-18(13-24(26)23(19)15-28)22-4-3-5-25(17(22)2)27-20-8-9-20/h3-7,10-13,20,27H,8-9,14-15H2,1-2H3. The Labute approximate surface area is 182 Å². The van der Waals surface area contributed by atoms with Crippen molar-refractivity contribution in [3.63, 3.8) is 0 Å². The van der Waals surface area contributed by atoms with Gasteiger partial charge in [-0.25, -0.2) is 12.8 Å². The lowest BCUT2D eigenvalue weighted by Crippen LogP contribution is -2.25. The SMILES string of the molecule is Cc1ccc(S(=O)(=O)N2Cc3cc(-c4cccc(NC5CC5)c4C)cc(F)c3C2)cc1. The summed E-state index contributed by atoms with van der Waals surface area (Å²) in [4.78, 5) is 0.237. The molecule has 2 aliphatic rings. The summed E-state index contributed by atoms with van der Waals surface area (Å²) in [5.41, 5.74) is 6.08. The molecular weight excluding hydrogens is 411 g/mol. The molecule has 1 N–H and O–H groups in total. The molecule has 6 heteroatoms. The highest BCUT2D eigenvalue weighted by Crippen LogP contribution is 2.37. The first-order valence-electron chi connectivity index (χ1n) is 10.6. The summed E-state index contributed by atoms with van der Waals surface area (Å²) in [6, 6.07) is 16.8. The monoisotopic (exact) mass is 436 g/mol. The van der Waals surface area contributed by atoms with Crippen molar-refractivity contribution in [2.45, 2.75) is 50.7 Å². The number of rotatable bonds is 5. The van der Waals surface area contributed by atoms with Gasteiger partial charge in [-0.15, -0.1) is 0 Å². The summed E-state index contributed by atoms with van der Waals surface area (Å²) in [5, 5.41) is 3.53. The van der Waals surface area contributed by atoms with Gasteiger partial charge in [0.25, 0.3) is 0 Å². The number of hydrogen-bond acceptors (Lipinski definition) is 3. The lowest BCUT2D eigenvalue weighted by molar-refractivity contribution is 0.428. The number of halogens is 1. The molecule has 3 aromatic carbocycles. The molecule has 4 nitrogen and oxygen atoms in total. The van der Waals surface area contributed by atoms with Gasteiger partial charge in [0.15, 0.2) is 0 Å². The molecule has 1 heterocycles. The molecule has 5 rings (SSSR count). The fraction of sp³-hybridized carbons (Fsp3) is 0.280. The van der Waals surface area contributed by atoms with Crippen LogP contribution in [0, 0.1) is 19.7 Å². The van der Waals surface area contributed by atoms with Gasteiger partial charge in [0.2, 0.25) is 10.0 Å². The molecular formula is C25H25FN2O2S. The largest absolute Gasteiger partial charge is 0.382 e. The zero-order valence-corrected chi connectivity index (χ0v) is 18.5. The smallest absolute Gasteiger partial charge is 0.243 e. The van der Waals surface area contributed by atoms with Gasteiger partial charge in [-0.3, -0.25) is 0 Å². The van der Waals surface area contributed by atoms with Crippen molar-refractivity contribution in [3.05, 3.63) is 82.7 Å². The minimum absolute atomic E-state index is 0.0555. The summed E-state index contributed by atoms with van der Waals surface area (Å²) in [5.74, 6) is -0.353. The van der Waals surface area contributed by atoms with Crippen molar-refractivity contribution >= 4 is 15.7 Å². The summed E-state index contributed by atoms with van der Waals surface area (Å²) >= 11 is 0. The average molecular weight is 437 g/mol. The van der Waals surface area contributed by atoms with Gasteiger partial charge < -0.3 is 5.32 Å². The highest BCUT2D eigenvalue weighted by atomic mass is 32.2. The van der Waals surface area contributed by atoms with Crippen molar-refractivity contribution in [2.75, 3.05) is 5.32 Å². The highest BCUT2D eigenvalue weighted by molar-refractivity contribution is 7.89. The molecule has 0 radical (unpaired) electrons. The van der Waals surface area contributed by atoms with E-state index in [2.05, 4.69) is 11.4 Å². The Morgan fingerprint density at radius 2 is 1.74 bits per heavy atom. The number of fused-ring (bicyclic) bond motifs is 1. The summed E-state index contributed by atoms with van der Waals surface area (Å²) in [6.07, 6.45) is 2.37. The highest BCUT2D eigenvalue weighted by Gasteiger charge is 2.33. The third kappa shape index (κ3) is 3.75. The molecule has 0 bridgehead atoms. The number of anilines is 1. The first-order valence-corrected chi connectivity index (χ1v) is 12.0. The Hall–Kier alpha value is -2.70. The molecule has 0 aromatic heterocycles. The quantitative estimate of drug-likeness (QED) is 0.584. The van der Waals surface area contributed by atoms with E-state index in [0.717, 1.165) is 33.5 Å². The number of aryl methyl sites for hydroxylation is 1. The van der Waals surface area contributed by atoms with Crippen LogP contribution in [0.15, 0.2) is 59.5 Å². The predicted octanol–water partition coefficient (Wildman–Crippen LogP) is 5.39. The molecule has 0 spiro atoms. The first-order chi connectivity index (χ1) is 14.8. The van der Waals surface area contributed by atoms with Crippen LogP contribution in [0.5, 0.6) is 0 Å². The molecule has 1 fully saturated rings. The van der Waals surface area contributed by atoms with E-state index in [0.29, 0.717) is 11.6 Å². The van der Waals surface area contributed by atoms with Crippen LogP contribution in [-0.4, -0.2) is 18.8 Å². The second-order valence-electron chi connectivity index (χ2n) is 8.58. The maximum absolute atomic E-state index is 15.1. The Bertz CT molecular complexity index is 1270. The van der Waals surface area contributed by atoms with Gasteiger partial charge in [-0.05, 0) is 79.3 Å². The molecule has 3 aromatic rings. The van der Waals surface area contributed by atoms with Crippen molar-refractivity contribution in [2.24, 2.45) is 0 Å². The zero-order chi connectivity index (χ0) is 21.8. The van der Waals surface area contributed by atoms with Gasteiger partial charge in [0.1, 0.15) is 5.82 Å². The zero-order valence-electron chi connectivity index (χ0n) is 17.7. The molecule has 1 aliphatic carbocycles. The fourth-order valence-corrected chi connectivity index (χ4v) is 5.56. The van der Waals surface area contributed by atoms with E-state index in [4.69, 9.17) is 0 Å². The van der Waals surface area contributed by atoms with Crippen LogP contribution in [0.25, 0.3) is 11.1 Å². The van der Waals surface area contributed by atoms with Crippen molar-refractivity contribution in [3.8, 4) is 11.1 Å². The molecule has 0 saturated heterocycles. The Morgan fingerprint density at radius 1 is 1.00 bits per heavy atom. The van der Waals surface area contributed by atoms with Gasteiger partial charge in [0, 0.05) is 30.4 Å². The summed E-state index contributed by atoms with van der Waals surface area (Å²) in [7, 11) is -3.68. The maximum atomic E-state index is 15.1. The Kier molecular flexibility index (Phi) is 4.87. The molecule has 31 heavy (non-hydrogen) atoms. The van der Waals surface area contributed by atoms with E-state index < -0.39 is 10.0 Å². The fourth-order valence-electron chi connectivity index (χ4n) is 4.17. The number of nitrogens with zero attached hydrogens (tertiary/aromatic N) is 1. The molecule has 1 saturated carbocycles. The van der Waals surface area contributed by atoms with Gasteiger partial charge in [-0.2, -0.15) is 4.31 Å². The van der Waals surface area contributed by atoms with Gasteiger partial charge in [0.05, 0.1) is 4.90 Å². The molecule has 0 atom stereocenters. The molecule has 0 amide bonds. The Balaban J connectivity index is 1.47. The van der Waals surface area contributed by atoms with E-state index in [-0.39, 0.29) is 23.8 Å². The van der Waals surface area contributed by atoms with E-state index >= 15 is 4.39 Å².